The van der Waals surface area contributed by atoms with Crippen molar-refractivity contribution in [2.24, 2.45) is 5.73 Å². The molecule has 0 radical (unpaired) electrons. The first-order chi connectivity index (χ1) is 9.47. The van der Waals surface area contributed by atoms with Gasteiger partial charge in [-0.2, -0.15) is 0 Å². The van der Waals surface area contributed by atoms with Gasteiger partial charge >= 0.3 is 0 Å². The molecule has 2 rings (SSSR count). The molecule has 0 aromatic heterocycles. The summed E-state index contributed by atoms with van der Waals surface area (Å²) in [4.78, 5) is 0. The third-order valence-corrected chi connectivity index (χ3v) is 3.84. The Balaban J connectivity index is 2.09. The minimum absolute atomic E-state index is 0.0258. The quantitative estimate of drug-likeness (QED) is 0.871. The van der Waals surface area contributed by atoms with Crippen molar-refractivity contribution >= 4 is 23.2 Å². The maximum absolute atomic E-state index is 5.98. The van der Waals surface area contributed by atoms with Crippen LogP contribution in [0.15, 0.2) is 36.4 Å². The van der Waals surface area contributed by atoms with Crippen LogP contribution in [-0.4, -0.2) is 0 Å². The fraction of sp³-hybridized carbons (Fsp3) is 0.250. The molecule has 4 heteroatoms. The van der Waals surface area contributed by atoms with Crippen LogP contribution in [0.2, 0.25) is 10.0 Å². The van der Waals surface area contributed by atoms with Gasteiger partial charge < -0.3 is 10.5 Å². The van der Waals surface area contributed by atoms with Gasteiger partial charge in [0.25, 0.3) is 0 Å². The summed E-state index contributed by atoms with van der Waals surface area (Å²) in [7, 11) is 0. The molecule has 2 aromatic carbocycles. The van der Waals surface area contributed by atoms with Crippen molar-refractivity contribution in [2.45, 2.75) is 26.5 Å². The Morgan fingerprint density at radius 1 is 1.10 bits per heavy atom. The molecule has 0 aliphatic carbocycles. The molecule has 0 bridgehead atoms. The molecule has 20 heavy (non-hydrogen) atoms. The first-order valence-electron chi connectivity index (χ1n) is 6.40. The summed E-state index contributed by atoms with van der Waals surface area (Å²) in [6, 6.07) is 11.5. The monoisotopic (exact) mass is 309 g/mol. The molecule has 2 N–H and O–H groups in total. The van der Waals surface area contributed by atoms with E-state index < -0.39 is 0 Å². The van der Waals surface area contributed by atoms with Crippen LogP contribution in [0.5, 0.6) is 5.75 Å². The van der Waals surface area contributed by atoms with Gasteiger partial charge in [0.1, 0.15) is 12.4 Å². The SMILES string of the molecule is Cc1cc([C@@H](C)N)ccc1OCc1ccc(Cl)c(Cl)c1. The molecule has 0 fully saturated rings. The second-order valence-corrected chi connectivity index (χ2v) is 5.67. The van der Waals surface area contributed by atoms with Crippen LogP contribution in [0, 0.1) is 6.92 Å². The highest BCUT2D eigenvalue weighted by atomic mass is 35.5. The average molecular weight is 310 g/mol. The first-order valence-corrected chi connectivity index (χ1v) is 7.16. The molecule has 0 aliphatic rings. The Kier molecular flexibility index (Phi) is 4.92. The molecule has 0 spiro atoms. The molecule has 0 heterocycles. The summed E-state index contributed by atoms with van der Waals surface area (Å²) >= 11 is 11.9. The summed E-state index contributed by atoms with van der Waals surface area (Å²) in [6.07, 6.45) is 0. The number of rotatable bonds is 4. The number of ether oxygens (including phenoxy) is 1. The van der Waals surface area contributed by atoms with Crippen molar-refractivity contribution in [3.63, 3.8) is 0 Å². The van der Waals surface area contributed by atoms with E-state index in [0.29, 0.717) is 16.7 Å². The molecule has 2 nitrogen and oxygen atoms in total. The van der Waals surface area contributed by atoms with E-state index in [2.05, 4.69) is 6.07 Å². The molecule has 0 unspecified atom stereocenters. The fourth-order valence-corrected chi connectivity index (χ4v) is 2.23. The normalized spacial score (nSPS) is 12.2. The highest BCUT2D eigenvalue weighted by Crippen LogP contribution is 2.25. The summed E-state index contributed by atoms with van der Waals surface area (Å²) < 4.78 is 5.81. The van der Waals surface area contributed by atoms with E-state index in [-0.39, 0.29) is 6.04 Å². The molecule has 106 valence electrons. The third-order valence-electron chi connectivity index (χ3n) is 3.10. The Labute approximate surface area is 129 Å². The van der Waals surface area contributed by atoms with Crippen molar-refractivity contribution in [3.8, 4) is 5.75 Å². The van der Waals surface area contributed by atoms with Gasteiger partial charge in [0.15, 0.2) is 0 Å². The second-order valence-electron chi connectivity index (χ2n) is 4.85. The van der Waals surface area contributed by atoms with Crippen molar-refractivity contribution in [3.05, 3.63) is 63.1 Å². The Morgan fingerprint density at radius 2 is 1.85 bits per heavy atom. The maximum Gasteiger partial charge on any atom is 0.122 e. The molecule has 0 saturated heterocycles. The molecule has 0 amide bonds. The lowest BCUT2D eigenvalue weighted by molar-refractivity contribution is 0.304. The standard InChI is InChI=1S/C16H17Cl2NO/c1-10-7-13(11(2)19)4-6-16(10)20-9-12-3-5-14(17)15(18)8-12/h3-8,11H,9,19H2,1-2H3/t11-/m1/s1. The predicted octanol–water partition coefficient (Wildman–Crippen LogP) is 4.90. The summed E-state index contributed by atoms with van der Waals surface area (Å²) in [5, 5.41) is 1.09. The summed E-state index contributed by atoms with van der Waals surface area (Å²) in [5.74, 6) is 0.848. The lowest BCUT2D eigenvalue weighted by Crippen LogP contribution is -2.05. The Hall–Kier alpha value is -1.22. The largest absolute Gasteiger partial charge is 0.489 e. The fourth-order valence-electron chi connectivity index (χ4n) is 1.91. The number of benzene rings is 2. The van der Waals surface area contributed by atoms with Crippen LogP contribution in [0.1, 0.15) is 29.7 Å². The topological polar surface area (TPSA) is 35.2 Å². The molecule has 2 aromatic rings. The van der Waals surface area contributed by atoms with Crippen LogP contribution in [0.25, 0.3) is 0 Å². The van der Waals surface area contributed by atoms with Crippen molar-refractivity contribution in [1.29, 1.82) is 0 Å². The lowest BCUT2D eigenvalue weighted by atomic mass is 10.1. The first kappa shape index (κ1) is 15.2. The zero-order chi connectivity index (χ0) is 14.7. The van der Waals surface area contributed by atoms with E-state index in [1.165, 1.54) is 0 Å². The van der Waals surface area contributed by atoms with Gasteiger partial charge in [0.05, 0.1) is 10.0 Å². The van der Waals surface area contributed by atoms with Crippen LogP contribution in [0.3, 0.4) is 0 Å². The van der Waals surface area contributed by atoms with Gasteiger partial charge in [-0.1, -0.05) is 41.4 Å². The number of hydrogen-bond donors (Lipinski definition) is 1. The molecular formula is C16H17Cl2NO. The number of halogens is 2. The van der Waals surface area contributed by atoms with Crippen LogP contribution in [0.4, 0.5) is 0 Å². The van der Waals surface area contributed by atoms with Gasteiger partial charge in [-0.05, 0) is 48.7 Å². The van der Waals surface area contributed by atoms with Gasteiger partial charge in [-0.25, -0.2) is 0 Å². The smallest absolute Gasteiger partial charge is 0.122 e. The average Bonchev–Trinajstić information content (AvgIpc) is 2.41. The zero-order valence-corrected chi connectivity index (χ0v) is 13.0. The minimum atomic E-state index is 0.0258. The minimum Gasteiger partial charge on any atom is -0.489 e. The van der Waals surface area contributed by atoms with Crippen molar-refractivity contribution in [2.75, 3.05) is 0 Å². The van der Waals surface area contributed by atoms with Crippen molar-refractivity contribution in [1.82, 2.24) is 0 Å². The van der Waals surface area contributed by atoms with Gasteiger partial charge in [0, 0.05) is 6.04 Å². The maximum atomic E-state index is 5.98. The van der Waals surface area contributed by atoms with Gasteiger partial charge in [-0.3, -0.25) is 0 Å². The summed E-state index contributed by atoms with van der Waals surface area (Å²) in [6.45, 7) is 4.43. The van der Waals surface area contributed by atoms with Crippen LogP contribution < -0.4 is 10.5 Å². The van der Waals surface area contributed by atoms with E-state index >= 15 is 0 Å². The predicted molar refractivity (Wildman–Crippen MR) is 84.6 cm³/mol. The summed E-state index contributed by atoms with van der Waals surface area (Å²) in [5.41, 5.74) is 9.01. The molecular weight excluding hydrogens is 293 g/mol. The van der Waals surface area contributed by atoms with E-state index in [1.807, 2.05) is 38.1 Å². The van der Waals surface area contributed by atoms with E-state index in [4.69, 9.17) is 33.7 Å². The van der Waals surface area contributed by atoms with Crippen LogP contribution in [-0.2, 0) is 6.61 Å². The zero-order valence-electron chi connectivity index (χ0n) is 11.5. The highest BCUT2D eigenvalue weighted by molar-refractivity contribution is 6.42. The molecule has 0 saturated carbocycles. The van der Waals surface area contributed by atoms with Crippen molar-refractivity contribution < 1.29 is 4.74 Å². The number of nitrogens with two attached hydrogens (primary N) is 1. The highest BCUT2D eigenvalue weighted by Gasteiger charge is 2.05. The third kappa shape index (κ3) is 3.66. The van der Waals surface area contributed by atoms with Gasteiger partial charge in [-0.15, -0.1) is 0 Å². The van der Waals surface area contributed by atoms with E-state index in [0.717, 1.165) is 22.4 Å². The van der Waals surface area contributed by atoms with Gasteiger partial charge in [0.2, 0.25) is 0 Å². The van der Waals surface area contributed by atoms with E-state index in [1.54, 1.807) is 6.07 Å². The van der Waals surface area contributed by atoms with E-state index in [9.17, 15) is 0 Å². The molecule has 0 aliphatic heterocycles. The Bertz CT molecular complexity index is 611. The number of hydrogen-bond acceptors (Lipinski definition) is 2. The lowest BCUT2D eigenvalue weighted by Gasteiger charge is -2.12. The second kappa shape index (κ2) is 6.49. The number of aryl methyl sites for hydroxylation is 1. The molecule has 1 atom stereocenters. The van der Waals surface area contributed by atoms with Crippen LogP contribution >= 0.6 is 23.2 Å². The Morgan fingerprint density at radius 3 is 2.45 bits per heavy atom.